The van der Waals surface area contributed by atoms with Gasteiger partial charge in [0.15, 0.2) is 0 Å². The highest BCUT2D eigenvalue weighted by atomic mass is 16.1. The van der Waals surface area contributed by atoms with Crippen LogP contribution in [-0.2, 0) is 4.79 Å². The minimum Gasteiger partial charge on any atom is -0.300 e. The highest BCUT2D eigenvalue weighted by Gasteiger charge is 2.25. The highest BCUT2D eigenvalue weighted by molar-refractivity contribution is 5.76. The van der Waals surface area contributed by atoms with E-state index >= 15 is 0 Å². The van der Waals surface area contributed by atoms with E-state index < -0.39 is 0 Å². The summed E-state index contributed by atoms with van der Waals surface area (Å²) >= 11 is 0. The van der Waals surface area contributed by atoms with Crippen LogP contribution in [0.1, 0.15) is 34.1 Å². The van der Waals surface area contributed by atoms with E-state index in [0.29, 0.717) is 24.3 Å². The topological polar surface area (TPSA) is 23.6 Å². The van der Waals surface area contributed by atoms with Crippen molar-refractivity contribution in [3.63, 3.8) is 0 Å². The fraction of sp³-hybridized carbons (Fsp3) is 0.917. The number of likely N-dealkylation sites (N-methyl/N-ethyl adjacent to an activating group) is 1. The molecule has 2 unspecified atom stereocenters. The fourth-order valence-electron chi connectivity index (χ4n) is 2.44. The Morgan fingerprint density at radius 1 is 1.47 bits per heavy atom. The molecule has 1 heterocycles. The molecule has 1 fully saturated rings. The van der Waals surface area contributed by atoms with Crippen molar-refractivity contribution in [2.45, 2.75) is 46.2 Å². The summed E-state index contributed by atoms with van der Waals surface area (Å²) in [5, 5.41) is 0. The summed E-state index contributed by atoms with van der Waals surface area (Å²) < 4.78 is 0. The van der Waals surface area contributed by atoms with Gasteiger partial charge in [-0.1, -0.05) is 6.92 Å². The quantitative estimate of drug-likeness (QED) is 0.703. The van der Waals surface area contributed by atoms with Crippen LogP contribution >= 0.6 is 0 Å². The largest absolute Gasteiger partial charge is 0.300 e. The molecule has 1 aliphatic rings. The molecule has 0 N–H and O–H groups in total. The molecular formula is C12H24N2O. The molecule has 3 heteroatoms. The summed E-state index contributed by atoms with van der Waals surface area (Å²) in [4.78, 5) is 16.0. The number of Topliss-reactive ketones (excluding diaryl/α,β-unsaturated/α-hetero) is 1. The van der Waals surface area contributed by atoms with Crippen molar-refractivity contribution >= 4 is 5.78 Å². The van der Waals surface area contributed by atoms with Gasteiger partial charge in [0.05, 0.1) is 0 Å². The van der Waals surface area contributed by atoms with Gasteiger partial charge in [0.2, 0.25) is 0 Å². The second kappa shape index (κ2) is 5.61. The zero-order valence-electron chi connectivity index (χ0n) is 10.5. The van der Waals surface area contributed by atoms with Gasteiger partial charge in [-0.05, 0) is 27.3 Å². The lowest BCUT2D eigenvalue weighted by Crippen LogP contribution is -2.54. The maximum Gasteiger partial charge on any atom is 0.131 e. The van der Waals surface area contributed by atoms with Crippen LogP contribution in [0.25, 0.3) is 0 Å². The van der Waals surface area contributed by atoms with Crippen molar-refractivity contribution < 1.29 is 4.79 Å². The first-order valence-corrected chi connectivity index (χ1v) is 6.02. The second-order valence-corrected chi connectivity index (χ2v) is 4.73. The lowest BCUT2D eigenvalue weighted by molar-refractivity contribution is -0.118. The van der Waals surface area contributed by atoms with Crippen LogP contribution in [0.15, 0.2) is 0 Å². The lowest BCUT2D eigenvalue weighted by Gasteiger charge is -2.41. The van der Waals surface area contributed by atoms with Crippen molar-refractivity contribution in [3.8, 4) is 0 Å². The van der Waals surface area contributed by atoms with E-state index in [4.69, 9.17) is 0 Å². The van der Waals surface area contributed by atoms with Crippen molar-refractivity contribution in [1.82, 2.24) is 9.80 Å². The summed E-state index contributed by atoms with van der Waals surface area (Å²) in [6.07, 6.45) is 0.693. The van der Waals surface area contributed by atoms with E-state index in [9.17, 15) is 4.79 Å². The molecule has 1 saturated heterocycles. The summed E-state index contributed by atoms with van der Waals surface area (Å²) in [6, 6.07) is 1.03. The van der Waals surface area contributed by atoms with Crippen molar-refractivity contribution in [2.75, 3.05) is 26.2 Å². The Kier molecular flexibility index (Phi) is 4.74. The average Bonchev–Trinajstić information content (AvgIpc) is 2.16. The SMILES string of the molecule is CCN1CCN(C(C)CC(C)=O)CC1C. The number of rotatable bonds is 4. The number of ketones is 1. The number of hydrogen-bond donors (Lipinski definition) is 0. The molecule has 0 amide bonds. The number of nitrogens with zero attached hydrogens (tertiary/aromatic N) is 2. The number of hydrogen-bond acceptors (Lipinski definition) is 3. The molecule has 1 rings (SSSR count). The lowest BCUT2D eigenvalue weighted by atomic mass is 10.1. The molecule has 0 aliphatic carbocycles. The first kappa shape index (κ1) is 12.7. The molecule has 2 atom stereocenters. The van der Waals surface area contributed by atoms with Crippen LogP contribution in [0.2, 0.25) is 0 Å². The third-order valence-electron chi connectivity index (χ3n) is 3.41. The molecular weight excluding hydrogens is 188 g/mol. The molecule has 0 aromatic rings. The predicted molar refractivity (Wildman–Crippen MR) is 63.0 cm³/mol. The van der Waals surface area contributed by atoms with E-state index in [2.05, 4.69) is 30.6 Å². The van der Waals surface area contributed by atoms with Gasteiger partial charge in [-0.2, -0.15) is 0 Å². The number of piperazine rings is 1. The standard InChI is InChI=1S/C12H24N2O/c1-5-13-6-7-14(9-11(13)3)10(2)8-12(4)15/h10-11H,5-9H2,1-4H3. The molecule has 0 aromatic carbocycles. The Balaban J connectivity index is 2.42. The Labute approximate surface area is 93.4 Å². The van der Waals surface area contributed by atoms with Gasteiger partial charge in [0.25, 0.3) is 0 Å². The van der Waals surface area contributed by atoms with Crippen LogP contribution in [0.5, 0.6) is 0 Å². The third-order valence-corrected chi connectivity index (χ3v) is 3.41. The van der Waals surface area contributed by atoms with Crippen molar-refractivity contribution in [2.24, 2.45) is 0 Å². The summed E-state index contributed by atoms with van der Waals surface area (Å²) in [5.74, 6) is 0.299. The normalized spacial score (nSPS) is 26.5. The minimum atomic E-state index is 0.299. The van der Waals surface area contributed by atoms with Gasteiger partial charge in [-0.25, -0.2) is 0 Å². The molecule has 15 heavy (non-hydrogen) atoms. The molecule has 3 nitrogen and oxygen atoms in total. The zero-order chi connectivity index (χ0) is 11.4. The van der Waals surface area contributed by atoms with Gasteiger partial charge in [-0.15, -0.1) is 0 Å². The van der Waals surface area contributed by atoms with E-state index in [1.807, 2.05) is 0 Å². The monoisotopic (exact) mass is 212 g/mol. The van der Waals surface area contributed by atoms with Gasteiger partial charge in [-0.3, -0.25) is 14.6 Å². The van der Waals surface area contributed by atoms with Crippen molar-refractivity contribution in [3.05, 3.63) is 0 Å². The molecule has 0 spiro atoms. The van der Waals surface area contributed by atoms with E-state index in [1.54, 1.807) is 6.92 Å². The van der Waals surface area contributed by atoms with Crippen LogP contribution < -0.4 is 0 Å². The van der Waals surface area contributed by atoms with Crippen LogP contribution in [0.3, 0.4) is 0 Å². The van der Waals surface area contributed by atoms with Gasteiger partial charge in [0.1, 0.15) is 5.78 Å². The maximum atomic E-state index is 11.1. The first-order chi connectivity index (χ1) is 7.04. The summed E-state index contributed by atoms with van der Waals surface area (Å²) in [6.45, 7) is 12.8. The molecule has 0 saturated carbocycles. The van der Waals surface area contributed by atoms with Crippen LogP contribution in [-0.4, -0.2) is 53.8 Å². The molecule has 0 aromatic heterocycles. The number of carbonyl (C=O) groups is 1. The van der Waals surface area contributed by atoms with Gasteiger partial charge >= 0.3 is 0 Å². The molecule has 0 bridgehead atoms. The zero-order valence-corrected chi connectivity index (χ0v) is 10.5. The van der Waals surface area contributed by atoms with Gasteiger partial charge < -0.3 is 0 Å². The van der Waals surface area contributed by atoms with Gasteiger partial charge in [0, 0.05) is 38.1 Å². The Bertz CT molecular complexity index is 218. The first-order valence-electron chi connectivity index (χ1n) is 6.02. The second-order valence-electron chi connectivity index (χ2n) is 4.73. The smallest absolute Gasteiger partial charge is 0.131 e. The Morgan fingerprint density at radius 3 is 2.60 bits per heavy atom. The Morgan fingerprint density at radius 2 is 2.13 bits per heavy atom. The molecule has 0 radical (unpaired) electrons. The predicted octanol–water partition coefficient (Wildman–Crippen LogP) is 1.38. The highest BCUT2D eigenvalue weighted by Crippen LogP contribution is 2.13. The number of carbonyl (C=O) groups excluding carboxylic acids is 1. The van der Waals surface area contributed by atoms with Crippen molar-refractivity contribution in [1.29, 1.82) is 0 Å². The minimum absolute atomic E-state index is 0.299. The van der Waals surface area contributed by atoms with Crippen LogP contribution in [0, 0.1) is 0 Å². The summed E-state index contributed by atoms with van der Waals surface area (Å²) in [7, 11) is 0. The van der Waals surface area contributed by atoms with E-state index in [-0.39, 0.29) is 0 Å². The average molecular weight is 212 g/mol. The third kappa shape index (κ3) is 3.58. The molecule has 88 valence electrons. The van der Waals surface area contributed by atoms with E-state index in [0.717, 1.165) is 26.2 Å². The van der Waals surface area contributed by atoms with E-state index in [1.165, 1.54) is 0 Å². The maximum absolute atomic E-state index is 11.1. The summed E-state index contributed by atoms with van der Waals surface area (Å²) in [5.41, 5.74) is 0. The molecule has 1 aliphatic heterocycles. The van der Waals surface area contributed by atoms with Crippen LogP contribution in [0.4, 0.5) is 0 Å². The fourth-order valence-corrected chi connectivity index (χ4v) is 2.44. The Hall–Kier alpha value is -0.410.